The van der Waals surface area contributed by atoms with E-state index >= 15 is 0 Å². The molecule has 0 aromatic carbocycles. The minimum atomic E-state index is -4.96. The molecule has 0 radical (unpaired) electrons. The van der Waals surface area contributed by atoms with Crippen LogP contribution in [0.25, 0.3) is 0 Å². The van der Waals surface area contributed by atoms with Gasteiger partial charge in [-0.15, -0.1) is 0 Å². The van der Waals surface area contributed by atoms with Crippen LogP contribution in [0.15, 0.2) is 12.2 Å². The number of carbonyl (C=O) groups excluding carboxylic acids is 1. The standard InChI is InChI=1S/C6H11O6P.2Na/c1-5(2)6(7)11-3-4-12-13(8,9)10;;/h1,3-4H2,2H3,(H2,8,9,10);;/q;2*+1/p-2. The maximum Gasteiger partial charge on any atom is 1.00 e. The first-order chi connectivity index (χ1) is 5.83. The van der Waals surface area contributed by atoms with Crippen molar-refractivity contribution in [2.75, 3.05) is 13.2 Å². The van der Waals surface area contributed by atoms with Crippen LogP contribution in [0.5, 0.6) is 0 Å². The summed E-state index contributed by atoms with van der Waals surface area (Å²) in [6.45, 7) is 3.97. The van der Waals surface area contributed by atoms with E-state index in [4.69, 9.17) is 0 Å². The average Bonchev–Trinajstić information content (AvgIpc) is 1.95. The summed E-state index contributed by atoms with van der Waals surface area (Å²) in [5, 5.41) is 0. The molecule has 0 aliphatic carbocycles. The first-order valence-corrected chi connectivity index (χ1v) is 4.78. The van der Waals surface area contributed by atoms with Crippen LogP contribution in [0.2, 0.25) is 0 Å². The van der Waals surface area contributed by atoms with Gasteiger partial charge in [0.15, 0.2) is 0 Å². The Kier molecular flexibility index (Phi) is 15.1. The predicted octanol–water partition coefficient (Wildman–Crippen LogP) is -7.04. The van der Waals surface area contributed by atoms with Gasteiger partial charge in [-0.1, -0.05) is 6.58 Å². The second-order valence-electron chi connectivity index (χ2n) is 2.20. The summed E-state index contributed by atoms with van der Waals surface area (Å²) in [7, 11) is -4.96. The van der Waals surface area contributed by atoms with E-state index in [-0.39, 0.29) is 71.3 Å². The minimum Gasteiger partial charge on any atom is -0.790 e. The third-order valence-electron chi connectivity index (χ3n) is 0.914. The Hall–Kier alpha value is 1.32. The second kappa shape index (κ2) is 10.5. The molecule has 6 nitrogen and oxygen atoms in total. The van der Waals surface area contributed by atoms with Gasteiger partial charge in [-0.3, -0.25) is 0 Å². The summed E-state index contributed by atoms with van der Waals surface area (Å²) in [4.78, 5) is 30.5. The molecule has 76 valence electrons. The number of phosphoric ester groups is 1. The number of rotatable bonds is 5. The van der Waals surface area contributed by atoms with E-state index in [1.165, 1.54) is 6.92 Å². The van der Waals surface area contributed by atoms with Gasteiger partial charge in [0, 0.05) is 5.57 Å². The molecule has 0 saturated heterocycles. The quantitative estimate of drug-likeness (QED) is 0.159. The van der Waals surface area contributed by atoms with E-state index in [2.05, 4.69) is 15.8 Å². The molecule has 0 bridgehead atoms. The van der Waals surface area contributed by atoms with Crippen LogP contribution in [-0.4, -0.2) is 19.2 Å². The summed E-state index contributed by atoms with van der Waals surface area (Å²) in [6, 6.07) is 0. The number of ether oxygens (including phenoxy) is 1. The number of hydrogen-bond donors (Lipinski definition) is 0. The SMILES string of the molecule is C=C(C)C(=O)OCCOP(=O)([O-])[O-].[Na+].[Na+]. The Bertz CT molecular complexity index is 250. The number of phosphoric acid groups is 1. The monoisotopic (exact) mass is 254 g/mol. The van der Waals surface area contributed by atoms with E-state index < -0.39 is 20.4 Å². The molecular weight excluding hydrogens is 245 g/mol. The fraction of sp³-hybridized carbons (Fsp3) is 0.500. The normalized spacial score (nSPS) is 9.53. The van der Waals surface area contributed by atoms with Crippen molar-refractivity contribution in [3.8, 4) is 0 Å². The zero-order valence-corrected chi connectivity index (χ0v) is 13.9. The van der Waals surface area contributed by atoms with Gasteiger partial charge in [0.05, 0.1) is 14.4 Å². The molecule has 0 unspecified atom stereocenters. The molecule has 15 heavy (non-hydrogen) atoms. The third-order valence-corrected chi connectivity index (χ3v) is 1.41. The second-order valence-corrected chi connectivity index (χ2v) is 3.35. The first-order valence-electron chi connectivity index (χ1n) is 3.32. The molecule has 0 atom stereocenters. The summed E-state index contributed by atoms with van der Waals surface area (Å²) in [5.74, 6) is -0.657. The summed E-state index contributed by atoms with van der Waals surface area (Å²) in [5.41, 5.74) is 0.187. The van der Waals surface area contributed by atoms with Gasteiger partial charge in [0.1, 0.15) is 6.61 Å². The summed E-state index contributed by atoms with van der Waals surface area (Å²) < 4.78 is 18.1. The van der Waals surface area contributed by atoms with Gasteiger partial charge >= 0.3 is 65.1 Å². The third kappa shape index (κ3) is 15.3. The van der Waals surface area contributed by atoms with Crippen LogP contribution >= 0.6 is 7.82 Å². The number of carbonyl (C=O) groups is 1. The zero-order chi connectivity index (χ0) is 10.5. The van der Waals surface area contributed by atoms with Gasteiger partial charge in [0.2, 0.25) is 0 Å². The van der Waals surface area contributed by atoms with Gasteiger partial charge < -0.3 is 23.6 Å². The van der Waals surface area contributed by atoms with Gasteiger partial charge in [-0.2, -0.15) is 0 Å². The first kappa shape index (κ1) is 21.6. The molecule has 0 aromatic heterocycles. The molecule has 0 rings (SSSR count). The van der Waals surface area contributed by atoms with Crippen LogP contribution in [0, 0.1) is 0 Å². The number of esters is 1. The maximum atomic E-state index is 10.7. The molecule has 0 amide bonds. The van der Waals surface area contributed by atoms with Crippen LogP contribution in [0.4, 0.5) is 0 Å². The molecule has 0 aromatic rings. The minimum absolute atomic E-state index is 0. The zero-order valence-electron chi connectivity index (χ0n) is 9.02. The van der Waals surface area contributed by atoms with Crippen molar-refractivity contribution in [1.29, 1.82) is 0 Å². The maximum absolute atomic E-state index is 10.7. The Balaban J connectivity index is -0.000000720. The Morgan fingerprint density at radius 2 is 1.80 bits per heavy atom. The van der Waals surface area contributed by atoms with Crippen molar-refractivity contribution in [3.05, 3.63) is 12.2 Å². The van der Waals surface area contributed by atoms with E-state index in [0.29, 0.717) is 0 Å². The van der Waals surface area contributed by atoms with E-state index in [9.17, 15) is 19.1 Å². The van der Waals surface area contributed by atoms with Crippen molar-refractivity contribution < 1.29 is 87.5 Å². The van der Waals surface area contributed by atoms with Crippen molar-refractivity contribution >= 4 is 13.8 Å². The number of hydrogen-bond acceptors (Lipinski definition) is 6. The smallest absolute Gasteiger partial charge is 0.790 e. The largest absolute Gasteiger partial charge is 1.00 e. The Morgan fingerprint density at radius 1 is 1.33 bits per heavy atom. The van der Waals surface area contributed by atoms with Crippen LogP contribution in [-0.2, 0) is 18.6 Å². The van der Waals surface area contributed by atoms with Crippen LogP contribution in [0.1, 0.15) is 6.92 Å². The summed E-state index contributed by atoms with van der Waals surface area (Å²) in [6.07, 6.45) is 0. The summed E-state index contributed by atoms with van der Waals surface area (Å²) >= 11 is 0. The van der Waals surface area contributed by atoms with Crippen LogP contribution in [0.3, 0.4) is 0 Å². The van der Waals surface area contributed by atoms with E-state index in [1.807, 2.05) is 0 Å². The molecule has 0 N–H and O–H groups in total. The Morgan fingerprint density at radius 3 is 2.13 bits per heavy atom. The molecule has 0 heterocycles. The Labute approximate surface area is 132 Å². The predicted molar refractivity (Wildman–Crippen MR) is 39.3 cm³/mol. The van der Waals surface area contributed by atoms with Gasteiger partial charge in [0.25, 0.3) is 0 Å². The molecular formula is C6H9Na2O6P. The van der Waals surface area contributed by atoms with Gasteiger partial charge in [-0.05, 0) is 6.92 Å². The fourth-order valence-corrected chi connectivity index (χ4v) is 0.705. The molecule has 0 fully saturated rings. The molecule has 0 saturated carbocycles. The van der Waals surface area contributed by atoms with Crippen molar-refractivity contribution in [2.45, 2.75) is 6.92 Å². The molecule has 9 heteroatoms. The molecule has 0 aliphatic rings. The van der Waals surface area contributed by atoms with Crippen molar-refractivity contribution in [2.24, 2.45) is 0 Å². The van der Waals surface area contributed by atoms with Crippen LogP contribution < -0.4 is 68.9 Å². The van der Waals surface area contributed by atoms with Gasteiger partial charge in [-0.25, -0.2) is 4.79 Å². The molecule has 0 spiro atoms. The van der Waals surface area contributed by atoms with Crippen molar-refractivity contribution in [3.63, 3.8) is 0 Å². The van der Waals surface area contributed by atoms with Crippen molar-refractivity contribution in [1.82, 2.24) is 0 Å². The van der Waals surface area contributed by atoms with E-state index in [1.54, 1.807) is 0 Å². The topological polar surface area (TPSA) is 98.7 Å². The molecule has 0 aliphatic heterocycles. The van der Waals surface area contributed by atoms with E-state index in [0.717, 1.165) is 0 Å². The average molecular weight is 254 g/mol. The fourth-order valence-electron chi connectivity index (χ4n) is 0.407.